The Hall–Kier alpha value is -1.68. The van der Waals surface area contributed by atoms with E-state index < -0.39 is 11.8 Å². The quantitative estimate of drug-likeness (QED) is 0.470. The molecule has 0 bridgehead atoms. The fraction of sp³-hybridized carbons (Fsp3) is 0.500. The number of hydrogen-bond donors (Lipinski definition) is 0. The maximum absolute atomic E-state index is 12.1. The van der Waals surface area contributed by atoms with Gasteiger partial charge in [0.05, 0.1) is 6.61 Å². The number of esters is 1. The third-order valence-electron chi connectivity index (χ3n) is 3.57. The first-order chi connectivity index (χ1) is 9.72. The van der Waals surface area contributed by atoms with E-state index in [1.807, 2.05) is 12.1 Å². The molecular formula is C16H21NO3. The number of ketones is 1. The SMILES string of the molecule is CCOC(=O)C(=O)c1ccccc1CN1CCCCC1. The molecule has 0 amide bonds. The lowest BCUT2D eigenvalue weighted by molar-refractivity contribution is -0.137. The molecule has 1 aromatic rings. The summed E-state index contributed by atoms with van der Waals surface area (Å²) >= 11 is 0. The molecule has 2 rings (SSSR count). The highest BCUT2D eigenvalue weighted by atomic mass is 16.5. The standard InChI is InChI=1S/C16H21NO3/c1-2-20-16(19)15(18)14-9-5-4-8-13(14)12-17-10-6-3-7-11-17/h4-5,8-9H,2-3,6-7,10-12H2,1H3. The van der Waals surface area contributed by atoms with E-state index in [4.69, 9.17) is 4.74 Å². The fourth-order valence-corrected chi connectivity index (χ4v) is 2.54. The van der Waals surface area contributed by atoms with Crippen LogP contribution in [0.5, 0.6) is 0 Å². The zero-order valence-electron chi connectivity index (χ0n) is 11.9. The number of likely N-dealkylation sites (tertiary alicyclic amines) is 1. The molecule has 0 atom stereocenters. The molecule has 4 heteroatoms. The summed E-state index contributed by atoms with van der Waals surface area (Å²) in [5.41, 5.74) is 1.38. The maximum Gasteiger partial charge on any atom is 0.379 e. The molecule has 1 aliphatic rings. The van der Waals surface area contributed by atoms with E-state index in [2.05, 4.69) is 4.90 Å². The number of Topliss-reactive ketones (excluding diaryl/α,β-unsaturated/α-hetero) is 1. The Balaban J connectivity index is 2.12. The Labute approximate surface area is 119 Å². The van der Waals surface area contributed by atoms with E-state index in [0.717, 1.165) is 25.2 Å². The molecule has 20 heavy (non-hydrogen) atoms. The van der Waals surface area contributed by atoms with E-state index in [-0.39, 0.29) is 6.61 Å². The smallest absolute Gasteiger partial charge is 0.379 e. The molecule has 1 saturated heterocycles. The first-order valence-electron chi connectivity index (χ1n) is 7.24. The van der Waals surface area contributed by atoms with Crippen LogP contribution >= 0.6 is 0 Å². The average Bonchev–Trinajstić information content (AvgIpc) is 2.48. The second kappa shape index (κ2) is 7.20. The minimum atomic E-state index is -0.765. The van der Waals surface area contributed by atoms with Crippen molar-refractivity contribution in [2.24, 2.45) is 0 Å². The van der Waals surface area contributed by atoms with E-state index in [1.54, 1.807) is 19.1 Å². The number of ether oxygens (including phenoxy) is 1. The monoisotopic (exact) mass is 275 g/mol. The van der Waals surface area contributed by atoms with Gasteiger partial charge in [0, 0.05) is 12.1 Å². The number of piperidine rings is 1. The summed E-state index contributed by atoms with van der Waals surface area (Å²) in [6.07, 6.45) is 3.68. The molecule has 1 aromatic carbocycles. The van der Waals surface area contributed by atoms with Gasteiger partial charge in [-0.25, -0.2) is 4.79 Å². The van der Waals surface area contributed by atoms with Crippen LogP contribution in [0.25, 0.3) is 0 Å². The van der Waals surface area contributed by atoms with Crippen molar-refractivity contribution in [3.63, 3.8) is 0 Å². The van der Waals surface area contributed by atoms with Crippen LogP contribution in [-0.2, 0) is 16.1 Å². The van der Waals surface area contributed by atoms with Crippen LogP contribution in [0.15, 0.2) is 24.3 Å². The van der Waals surface area contributed by atoms with Gasteiger partial charge < -0.3 is 4.74 Å². The maximum atomic E-state index is 12.1. The van der Waals surface area contributed by atoms with Crippen LogP contribution in [0, 0.1) is 0 Å². The second-order valence-electron chi connectivity index (χ2n) is 5.04. The lowest BCUT2D eigenvalue weighted by Crippen LogP contribution is -2.30. The van der Waals surface area contributed by atoms with Crippen molar-refractivity contribution >= 4 is 11.8 Å². The van der Waals surface area contributed by atoms with E-state index in [9.17, 15) is 9.59 Å². The van der Waals surface area contributed by atoms with Gasteiger partial charge >= 0.3 is 5.97 Å². The molecule has 0 aliphatic carbocycles. The van der Waals surface area contributed by atoms with Crippen LogP contribution in [0.2, 0.25) is 0 Å². The Bertz CT molecular complexity index is 478. The number of benzene rings is 1. The molecule has 1 fully saturated rings. The van der Waals surface area contributed by atoms with E-state index in [0.29, 0.717) is 5.56 Å². The predicted octanol–water partition coefficient (Wildman–Crippen LogP) is 2.42. The Kier molecular flexibility index (Phi) is 5.30. The molecule has 0 saturated carbocycles. The van der Waals surface area contributed by atoms with Gasteiger partial charge in [0.25, 0.3) is 5.78 Å². The summed E-state index contributed by atoms with van der Waals surface area (Å²) in [4.78, 5) is 26.0. The molecule has 0 radical (unpaired) electrons. The Morgan fingerprint density at radius 1 is 1.15 bits per heavy atom. The fourth-order valence-electron chi connectivity index (χ4n) is 2.54. The third kappa shape index (κ3) is 3.67. The van der Waals surface area contributed by atoms with Crippen molar-refractivity contribution in [3.8, 4) is 0 Å². The Morgan fingerprint density at radius 2 is 1.85 bits per heavy atom. The third-order valence-corrected chi connectivity index (χ3v) is 3.57. The highest BCUT2D eigenvalue weighted by molar-refractivity contribution is 6.41. The van der Waals surface area contributed by atoms with Gasteiger partial charge in [0.1, 0.15) is 0 Å². The van der Waals surface area contributed by atoms with Crippen LogP contribution in [0.4, 0.5) is 0 Å². The van der Waals surface area contributed by atoms with Crippen molar-refractivity contribution in [3.05, 3.63) is 35.4 Å². The van der Waals surface area contributed by atoms with Crippen molar-refractivity contribution in [1.82, 2.24) is 4.90 Å². The van der Waals surface area contributed by atoms with Crippen molar-refractivity contribution in [2.45, 2.75) is 32.7 Å². The number of rotatable bonds is 5. The van der Waals surface area contributed by atoms with E-state index in [1.165, 1.54) is 19.3 Å². The predicted molar refractivity (Wildman–Crippen MR) is 76.5 cm³/mol. The summed E-state index contributed by atoms with van der Waals surface area (Å²) in [6.45, 7) is 4.76. The van der Waals surface area contributed by atoms with Crippen LogP contribution in [-0.4, -0.2) is 36.3 Å². The van der Waals surface area contributed by atoms with Crippen molar-refractivity contribution in [1.29, 1.82) is 0 Å². The first-order valence-corrected chi connectivity index (χ1v) is 7.24. The van der Waals surface area contributed by atoms with Gasteiger partial charge in [-0.2, -0.15) is 0 Å². The molecular weight excluding hydrogens is 254 g/mol. The normalized spacial score (nSPS) is 15.8. The summed E-state index contributed by atoms with van der Waals surface area (Å²) in [5.74, 6) is -1.31. The van der Waals surface area contributed by atoms with Gasteiger partial charge in [0.2, 0.25) is 0 Å². The summed E-state index contributed by atoms with van der Waals surface area (Å²) in [5, 5.41) is 0. The topological polar surface area (TPSA) is 46.6 Å². The van der Waals surface area contributed by atoms with Crippen molar-refractivity contribution in [2.75, 3.05) is 19.7 Å². The number of nitrogens with zero attached hydrogens (tertiary/aromatic N) is 1. The molecule has 4 nitrogen and oxygen atoms in total. The zero-order valence-corrected chi connectivity index (χ0v) is 11.9. The van der Waals surface area contributed by atoms with E-state index >= 15 is 0 Å². The lowest BCUT2D eigenvalue weighted by Gasteiger charge is -2.27. The minimum Gasteiger partial charge on any atom is -0.460 e. The first kappa shape index (κ1) is 14.7. The zero-order chi connectivity index (χ0) is 14.4. The minimum absolute atomic E-state index is 0.221. The van der Waals surface area contributed by atoms with Gasteiger partial charge in [-0.3, -0.25) is 9.69 Å². The molecule has 0 spiro atoms. The van der Waals surface area contributed by atoms with Crippen LogP contribution in [0.3, 0.4) is 0 Å². The lowest BCUT2D eigenvalue weighted by atomic mass is 10.0. The van der Waals surface area contributed by atoms with Crippen LogP contribution in [0.1, 0.15) is 42.1 Å². The highest BCUT2D eigenvalue weighted by Crippen LogP contribution is 2.17. The van der Waals surface area contributed by atoms with Gasteiger partial charge in [-0.1, -0.05) is 30.7 Å². The molecule has 1 heterocycles. The van der Waals surface area contributed by atoms with Gasteiger partial charge in [-0.05, 0) is 38.4 Å². The molecule has 108 valence electrons. The summed E-state index contributed by atoms with van der Waals surface area (Å²) < 4.78 is 4.80. The number of carbonyl (C=O) groups excluding carboxylic acids is 2. The molecule has 0 aromatic heterocycles. The van der Waals surface area contributed by atoms with Gasteiger partial charge in [0.15, 0.2) is 0 Å². The summed E-state index contributed by atoms with van der Waals surface area (Å²) in [6, 6.07) is 7.31. The highest BCUT2D eigenvalue weighted by Gasteiger charge is 2.21. The van der Waals surface area contributed by atoms with Crippen LogP contribution < -0.4 is 0 Å². The molecule has 0 unspecified atom stereocenters. The number of hydrogen-bond acceptors (Lipinski definition) is 4. The molecule has 0 N–H and O–H groups in total. The number of carbonyl (C=O) groups is 2. The van der Waals surface area contributed by atoms with Crippen molar-refractivity contribution < 1.29 is 14.3 Å². The second-order valence-corrected chi connectivity index (χ2v) is 5.04. The largest absolute Gasteiger partial charge is 0.460 e. The van der Waals surface area contributed by atoms with Gasteiger partial charge in [-0.15, -0.1) is 0 Å². The summed E-state index contributed by atoms with van der Waals surface area (Å²) in [7, 11) is 0. The average molecular weight is 275 g/mol. The Morgan fingerprint density at radius 3 is 2.55 bits per heavy atom. The molecule has 1 aliphatic heterocycles.